The van der Waals surface area contributed by atoms with Crippen LogP contribution in [0.15, 0.2) is 12.2 Å². The maximum absolute atomic E-state index is 11.9. The zero-order chi connectivity index (χ0) is 30.7. The molecule has 0 heterocycles. The second-order valence-electron chi connectivity index (χ2n) is 12.4. The molecule has 0 aliphatic rings. The Kier molecular flexibility index (Phi) is 26.3. The SMILES string of the molecule is CCCCCCCC/C=C/CCCCCCCCCCCCCC(=O)OC[C@@H](O)COP(=O)([O-])OCC[N+](C)(C)C. The number of allylic oxidation sites excluding steroid dienone is 2. The topological polar surface area (TPSA) is 105 Å². The van der Waals surface area contributed by atoms with Gasteiger partial charge in [0.25, 0.3) is 7.82 Å². The monoisotopic (exact) mass is 605 g/mol. The molecule has 0 fully saturated rings. The highest BCUT2D eigenvalue weighted by atomic mass is 31.2. The molecule has 8 nitrogen and oxygen atoms in total. The summed E-state index contributed by atoms with van der Waals surface area (Å²) in [6.07, 6.45) is 27.8. The molecule has 0 bridgehead atoms. The fourth-order valence-corrected chi connectivity index (χ4v) is 5.09. The number of esters is 1. The fourth-order valence-electron chi connectivity index (χ4n) is 4.35. The Morgan fingerprint density at radius 3 is 1.71 bits per heavy atom. The van der Waals surface area contributed by atoms with Crippen LogP contribution >= 0.6 is 7.82 Å². The molecule has 0 aromatic rings. The first-order chi connectivity index (χ1) is 19.6. The Balaban J connectivity index is 3.46. The number of ether oxygens (including phenoxy) is 1. The van der Waals surface area contributed by atoms with Crippen molar-refractivity contribution >= 4 is 13.8 Å². The molecule has 0 spiro atoms. The molecule has 0 aromatic carbocycles. The van der Waals surface area contributed by atoms with Gasteiger partial charge in [0.05, 0.1) is 27.7 Å². The van der Waals surface area contributed by atoms with Gasteiger partial charge in [0.15, 0.2) is 0 Å². The van der Waals surface area contributed by atoms with Crippen molar-refractivity contribution in [1.29, 1.82) is 0 Å². The van der Waals surface area contributed by atoms with Crippen LogP contribution in [0.25, 0.3) is 0 Å². The number of nitrogens with zero attached hydrogens (tertiary/aromatic N) is 1. The van der Waals surface area contributed by atoms with Crippen molar-refractivity contribution in [2.45, 2.75) is 141 Å². The molecule has 0 radical (unpaired) electrons. The zero-order valence-electron chi connectivity index (χ0n) is 27.0. The van der Waals surface area contributed by atoms with Gasteiger partial charge in [-0.1, -0.05) is 109 Å². The summed E-state index contributed by atoms with van der Waals surface area (Å²) in [4.78, 5) is 23.6. The maximum Gasteiger partial charge on any atom is 0.305 e. The zero-order valence-corrected chi connectivity index (χ0v) is 27.9. The number of hydrogen-bond acceptors (Lipinski definition) is 7. The third-order valence-corrected chi connectivity index (χ3v) is 7.98. The number of likely N-dealkylation sites (N-methyl/N-ethyl adjacent to an activating group) is 1. The number of carbonyl (C=O) groups is 1. The molecule has 0 saturated carbocycles. The van der Waals surface area contributed by atoms with Crippen molar-refractivity contribution in [3.8, 4) is 0 Å². The van der Waals surface area contributed by atoms with Crippen LogP contribution in [0.2, 0.25) is 0 Å². The smallest absolute Gasteiger partial charge is 0.305 e. The highest BCUT2D eigenvalue weighted by Crippen LogP contribution is 2.38. The van der Waals surface area contributed by atoms with Crippen molar-refractivity contribution in [2.75, 3.05) is 47.5 Å². The van der Waals surface area contributed by atoms with E-state index in [-0.39, 0.29) is 19.2 Å². The van der Waals surface area contributed by atoms with E-state index in [4.69, 9.17) is 9.26 Å². The van der Waals surface area contributed by atoms with Gasteiger partial charge in [0.2, 0.25) is 0 Å². The van der Waals surface area contributed by atoms with E-state index in [2.05, 4.69) is 23.6 Å². The molecular formula is C32H64NO7P. The van der Waals surface area contributed by atoms with Crippen LogP contribution < -0.4 is 4.89 Å². The van der Waals surface area contributed by atoms with Gasteiger partial charge < -0.3 is 28.3 Å². The lowest BCUT2D eigenvalue weighted by Crippen LogP contribution is -2.37. The summed E-state index contributed by atoms with van der Waals surface area (Å²) < 4.78 is 26.8. The average molecular weight is 606 g/mol. The van der Waals surface area contributed by atoms with Gasteiger partial charge in [-0.05, 0) is 32.1 Å². The number of hydrogen-bond donors (Lipinski definition) is 1. The normalized spacial score (nSPS) is 14.4. The quantitative estimate of drug-likeness (QED) is 0.0298. The Labute approximate surface area is 252 Å². The van der Waals surface area contributed by atoms with Crippen LogP contribution in [0.3, 0.4) is 0 Å². The molecule has 0 aliphatic carbocycles. The molecule has 1 unspecified atom stereocenters. The number of aliphatic hydroxyl groups excluding tert-OH is 1. The van der Waals surface area contributed by atoms with Gasteiger partial charge in [-0.3, -0.25) is 9.36 Å². The highest BCUT2D eigenvalue weighted by molar-refractivity contribution is 7.45. The van der Waals surface area contributed by atoms with Gasteiger partial charge >= 0.3 is 5.97 Å². The van der Waals surface area contributed by atoms with Crippen LogP contribution in [-0.2, 0) is 23.1 Å². The fraction of sp³-hybridized carbons (Fsp3) is 0.906. The lowest BCUT2D eigenvalue weighted by molar-refractivity contribution is -0.870. The standard InChI is InChI=1S/C32H64NO7P/c1-5-6-7-8-9-10-11-12-13-14-15-16-17-18-19-20-21-22-23-24-25-26-32(35)38-29-31(34)30-40-41(36,37)39-28-27-33(2,3)4/h12-13,31,34H,5-11,14-30H2,1-4H3/b13-12+/t31-/m1/s1. The first-order valence-corrected chi connectivity index (χ1v) is 17.9. The summed E-state index contributed by atoms with van der Waals surface area (Å²) in [5.41, 5.74) is 0. The molecular weight excluding hydrogens is 541 g/mol. The molecule has 2 atom stereocenters. The van der Waals surface area contributed by atoms with E-state index in [0.29, 0.717) is 17.4 Å². The minimum atomic E-state index is -4.49. The minimum absolute atomic E-state index is 0.00691. The molecule has 1 N–H and O–H groups in total. The van der Waals surface area contributed by atoms with Crippen molar-refractivity contribution in [3.05, 3.63) is 12.2 Å². The average Bonchev–Trinajstić information content (AvgIpc) is 2.90. The molecule has 0 aromatic heterocycles. The van der Waals surface area contributed by atoms with E-state index in [1.807, 2.05) is 21.1 Å². The van der Waals surface area contributed by atoms with Crippen molar-refractivity contribution in [2.24, 2.45) is 0 Å². The molecule has 0 rings (SSSR count). The second kappa shape index (κ2) is 26.8. The minimum Gasteiger partial charge on any atom is -0.756 e. The predicted molar refractivity (Wildman–Crippen MR) is 167 cm³/mol. The third kappa shape index (κ3) is 32.0. The number of rotatable bonds is 30. The van der Waals surface area contributed by atoms with Crippen molar-refractivity contribution < 1.29 is 37.6 Å². The summed E-state index contributed by atoms with van der Waals surface area (Å²) in [5.74, 6) is -0.387. The van der Waals surface area contributed by atoms with E-state index in [1.165, 1.54) is 103 Å². The molecule has 41 heavy (non-hydrogen) atoms. The predicted octanol–water partition coefficient (Wildman–Crippen LogP) is 7.48. The van der Waals surface area contributed by atoms with E-state index in [1.54, 1.807) is 0 Å². The Morgan fingerprint density at radius 1 is 0.756 bits per heavy atom. The highest BCUT2D eigenvalue weighted by Gasteiger charge is 2.16. The van der Waals surface area contributed by atoms with E-state index < -0.39 is 20.5 Å². The summed E-state index contributed by atoms with van der Waals surface area (Å²) in [6.45, 7) is 1.95. The maximum atomic E-state index is 11.9. The number of unbranched alkanes of at least 4 members (excludes halogenated alkanes) is 17. The van der Waals surface area contributed by atoms with Gasteiger partial charge in [0.1, 0.15) is 25.9 Å². The number of aliphatic hydroxyl groups is 1. The lowest BCUT2D eigenvalue weighted by atomic mass is 10.0. The van der Waals surface area contributed by atoms with Crippen LogP contribution in [0.5, 0.6) is 0 Å². The first-order valence-electron chi connectivity index (χ1n) is 16.4. The van der Waals surface area contributed by atoms with Crippen molar-refractivity contribution in [3.63, 3.8) is 0 Å². The molecule has 9 heteroatoms. The summed E-state index contributed by atoms with van der Waals surface area (Å²) in [5, 5.41) is 9.84. The molecule has 0 saturated heterocycles. The van der Waals surface area contributed by atoms with Crippen LogP contribution in [0, 0.1) is 0 Å². The summed E-state index contributed by atoms with van der Waals surface area (Å²) >= 11 is 0. The summed E-state index contributed by atoms with van der Waals surface area (Å²) in [6, 6.07) is 0. The number of phosphoric ester groups is 1. The van der Waals surface area contributed by atoms with Gasteiger partial charge in [-0.15, -0.1) is 0 Å². The van der Waals surface area contributed by atoms with Crippen molar-refractivity contribution in [1.82, 2.24) is 0 Å². The van der Waals surface area contributed by atoms with Crippen LogP contribution in [-0.4, -0.2) is 69.2 Å². The van der Waals surface area contributed by atoms with Gasteiger partial charge in [-0.2, -0.15) is 0 Å². The largest absolute Gasteiger partial charge is 0.756 e. The van der Waals surface area contributed by atoms with E-state index in [0.717, 1.165) is 19.3 Å². The number of carbonyl (C=O) groups excluding carboxylic acids is 1. The summed E-state index contributed by atoms with van der Waals surface area (Å²) in [7, 11) is 1.25. The lowest BCUT2D eigenvalue weighted by Gasteiger charge is -2.27. The van der Waals surface area contributed by atoms with Crippen LogP contribution in [0.1, 0.15) is 135 Å². The van der Waals surface area contributed by atoms with Gasteiger partial charge in [-0.25, -0.2) is 0 Å². The second-order valence-corrected chi connectivity index (χ2v) is 13.8. The Hall–Kier alpha value is -0.760. The third-order valence-electron chi connectivity index (χ3n) is 7.02. The molecule has 244 valence electrons. The Morgan fingerprint density at radius 2 is 1.22 bits per heavy atom. The van der Waals surface area contributed by atoms with Gasteiger partial charge in [0, 0.05) is 6.42 Å². The van der Waals surface area contributed by atoms with E-state index >= 15 is 0 Å². The number of quaternary nitrogens is 1. The Bertz CT molecular complexity index is 681. The molecule has 0 amide bonds. The van der Waals surface area contributed by atoms with Crippen LogP contribution in [0.4, 0.5) is 0 Å². The number of phosphoric acid groups is 1. The van der Waals surface area contributed by atoms with E-state index in [9.17, 15) is 19.4 Å². The molecule has 0 aliphatic heterocycles. The first kappa shape index (κ1) is 40.2.